The average Bonchev–Trinajstić information content (AvgIpc) is 3.76. The van der Waals surface area contributed by atoms with E-state index < -0.39 is 0 Å². The van der Waals surface area contributed by atoms with E-state index in [4.69, 9.17) is 4.74 Å². The number of nitrogens with zero attached hydrogens (tertiary/aromatic N) is 2. The van der Waals surface area contributed by atoms with Crippen LogP contribution in [0.15, 0.2) is 182 Å². The topological polar surface area (TPSA) is 17.4 Å². The van der Waals surface area contributed by atoms with E-state index in [0.29, 0.717) is 0 Å². The van der Waals surface area contributed by atoms with Crippen molar-refractivity contribution in [3.05, 3.63) is 182 Å². The molecular formula is C48H30N2OS. The van der Waals surface area contributed by atoms with E-state index >= 15 is 0 Å². The molecule has 0 spiro atoms. The Balaban J connectivity index is 1.29. The molecule has 3 nitrogen and oxygen atoms in total. The summed E-state index contributed by atoms with van der Waals surface area (Å²) in [7, 11) is 0. The van der Waals surface area contributed by atoms with Gasteiger partial charge >= 0.3 is 0 Å². The summed E-state index contributed by atoms with van der Waals surface area (Å²) >= 11 is 1.86. The SMILES string of the molecule is c1ccc2c(c1)Oc1ccccc1N2c1cccc(-n2c3ccccc3c3ccccc32)c1-c1ccccc1-c1cccc2sc3ccccc3c12. The summed E-state index contributed by atoms with van der Waals surface area (Å²) < 4.78 is 11.6. The predicted molar refractivity (Wildman–Crippen MR) is 219 cm³/mol. The molecule has 52 heavy (non-hydrogen) atoms. The van der Waals surface area contributed by atoms with Gasteiger partial charge in [0.15, 0.2) is 11.5 Å². The number of anilines is 3. The van der Waals surface area contributed by atoms with Crippen molar-refractivity contribution in [2.45, 2.75) is 0 Å². The molecule has 0 N–H and O–H groups in total. The molecule has 3 heterocycles. The van der Waals surface area contributed by atoms with Gasteiger partial charge in [-0.25, -0.2) is 0 Å². The first-order chi connectivity index (χ1) is 25.8. The lowest BCUT2D eigenvalue weighted by Crippen LogP contribution is -2.17. The van der Waals surface area contributed by atoms with Gasteiger partial charge in [0.25, 0.3) is 0 Å². The molecule has 0 saturated carbocycles. The summed E-state index contributed by atoms with van der Waals surface area (Å²) in [5.41, 5.74) is 11.3. The van der Waals surface area contributed by atoms with Crippen molar-refractivity contribution in [1.29, 1.82) is 0 Å². The third-order valence-corrected chi connectivity index (χ3v) is 11.5. The number of hydrogen-bond donors (Lipinski definition) is 0. The summed E-state index contributed by atoms with van der Waals surface area (Å²) in [6.07, 6.45) is 0. The molecule has 0 radical (unpaired) electrons. The van der Waals surface area contributed by atoms with Gasteiger partial charge in [-0.15, -0.1) is 11.3 Å². The molecular weight excluding hydrogens is 653 g/mol. The highest BCUT2D eigenvalue weighted by molar-refractivity contribution is 7.25. The van der Waals surface area contributed by atoms with Gasteiger partial charge in [0.1, 0.15) is 0 Å². The fraction of sp³-hybridized carbons (Fsp3) is 0. The number of para-hydroxylation sites is 6. The van der Waals surface area contributed by atoms with Crippen molar-refractivity contribution in [2.75, 3.05) is 4.90 Å². The second kappa shape index (κ2) is 11.5. The van der Waals surface area contributed by atoms with Crippen LogP contribution in [0.2, 0.25) is 0 Å². The van der Waals surface area contributed by atoms with E-state index in [1.54, 1.807) is 0 Å². The number of aromatic nitrogens is 1. The molecule has 0 bridgehead atoms. The zero-order chi connectivity index (χ0) is 34.2. The van der Waals surface area contributed by atoms with Crippen molar-refractivity contribution in [3.63, 3.8) is 0 Å². The standard InChI is InChI=1S/C48H30N2OS/c1-2-18-35(31(15-1)34-20-13-30-46-47(34)36-19-5-12-29-45(36)52-46)48-41(49-37-21-6-3-16-32(37)33-17-4-7-22-38(33)49)25-14-26-42(48)50-39-23-8-10-27-43(39)51-44-28-11-9-24-40(44)50/h1-30H. The zero-order valence-electron chi connectivity index (χ0n) is 28.0. The van der Waals surface area contributed by atoms with Gasteiger partial charge in [-0.05, 0) is 77.4 Å². The molecule has 10 aromatic rings. The Hall–Kier alpha value is -6.62. The van der Waals surface area contributed by atoms with Crippen LogP contribution in [0.1, 0.15) is 0 Å². The van der Waals surface area contributed by atoms with Gasteiger partial charge in [-0.2, -0.15) is 0 Å². The predicted octanol–water partition coefficient (Wildman–Crippen LogP) is 14.1. The van der Waals surface area contributed by atoms with Gasteiger partial charge in [-0.3, -0.25) is 0 Å². The third-order valence-electron chi connectivity index (χ3n) is 10.4. The van der Waals surface area contributed by atoms with Crippen LogP contribution in [0.3, 0.4) is 0 Å². The smallest absolute Gasteiger partial charge is 0.151 e. The highest BCUT2D eigenvalue weighted by atomic mass is 32.1. The maximum atomic E-state index is 6.52. The van der Waals surface area contributed by atoms with E-state index in [9.17, 15) is 0 Å². The maximum Gasteiger partial charge on any atom is 0.151 e. The molecule has 244 valence electrons. The Labute approximate surface area is 304 Å². The Bertz CT molecular complexity index is 2930. The average molecular weight is 683 g/mol. The summed E-state index contributed by atoms with van der Waals surface area (Å²) in [4.78, 5) is 2.39. The maximum absolute atomic E-state index is 6.52. The number of fused-ring (bicyclic) bond motifs is 8. The lowest BCUT2D eigenvalue weighted by atomic mass is 9.89. The van der Waals surface area contributed by atoms with Crippen molar-refractivity contribution >= 4 is 70.4 Å². The minimum Gasteiger partial charge on any atom is -0.453 e. The number of ether oxygens (including phenoxy) is 1. The fourth-order valence-electron chi connectivity index (χ4n) is 8.26. The summed E-state index contributed by atoms with van der Waals surface area (Å²) in [6.45, 7) is 0. The van der Waals surface area contributed by atoms with E-state index in [2.05, 4.69) is 179 Å². The molecule has 0 amide bonds. The Kier molecular flexibility index (Phi) is 6.42. The molecule has 1 aliphatic rings. The van der Waals surface area contributed by atoms with Crippen LogP contribution in [0.5, 0.6) is 11.5 Å². The summed E-state index contributed by atoms with van der Waals surface area (Å²) in [6, 6.07) is 65.5. The van der Waals surface area contributed by atoms with E-state index in [1.165, 1.54) is 58.7 Å². The second-order valence-corrected chi connectivity index (χ2v) is 14.3. The number of hydrogen-bond acceptors (Lipinski definition) is 3. The lowest BCUT2D eigenvalue weighted by molar-refractivity contribution is 0.477. The van der Waals surface area contributed by atoms with Crippen molar-refractivity contribution < 1.29 is 4.74 Å². The van der Waals surface area contributed by atoms with Crippen molar-refractivity contribution in [3.8, 4) is 39.4 Å². The first-order valence-corrected chi connectivity index (χ1v) is 18.4. The molecule has 0 atom stereocenters. The molecule has 2 aromatic heterocycles. The van der Waals surface area contributed by atoms with Crippen LogP contribution in [0.4, 0.5) is 17.1 Å². The number of benzene rings is 8. The molecule has 0 aliphatic carbocycles. The number of rotatable bonds is 4. The third kappa shape index (κ3) is 4.25. The highest BCUT2D eigenvalue weighted by Crippen LogP contribution is 2.55. The molecule has 0 saturated heterocycles. The van der Waals surface area contributed by atoms with Gasteiger partial charge in [0.05, 0.1) is 33.8 Å². The second-order valence-electron chi connectivity index (χ2n) is 13.2. The quantitative estimate of drug-likeness (QED) is 0.184. The highest BCUT2D eigenvalue weighted by Gasteiger charge is 2.30. The first-order valence-electron chi connectivity index (χ1n) is 17.6. The van der Waals surface area contributed by atoms with Gasteiger partial charge < -0.3 is 14.2 Å². The van der Waals surface area contributed by atoms with Gasteiger partial charge in [0, 0.05) is 36.5 Å². The van der Waals surface area contributed by atoms with Crippen LogP contribution in [-0.4, -0.2) is 4.57 Å². The Morgan fingerprint density at radius 1 is 0.365 bits per heavy atom. The first kappa shape index (κ1) is 29.1. The minimum absolute atomic E-state index is 0.831. The van der Waals surface area contributed by atoms with Gasteiger partial charge in [-0.1, -0.05) is 121 Å². The van der Waals surface area contributed by atoms with Crippen LogP contribution < -0.4 is 9.64 Å². The normalized spacial score (nSPS) is 12.3. The molecule has 0 unspecified atom stereocenters. The van der Waals surface area contributed by atoms with Crippen LogP contribution in [0, 0.1) is 0 Å². The zero-order valence-corrected chi connectivity index (χ0v) is 28.8. The molecule has 0 fully saturated rings. The molecule has 8 aromatic carbocycles. The van der Waals surface area contributed by atoms with Crippen molar-refractivity contribution in [2.24, 2.45) is 0 Å². The summed E-state index contributed by atoms with van der Waals surface area (Å²) in [5.74, 6) is 1.66. The van der Waals surface area contributed by atoms with E-state index in [-0.39, 0.29) is 0 Å². The summed E-state index contributed by atoms with van der Waals surface area (Å²) in [5, 5.41) is 5.06. The Morgan fingerprint density at radius 3 is 1.60 bits per heavy atom. The van der Waals surface area contributed by atoms with Gasteiger partial charge in [0.2, 0.25) is 0 Å². The van der Waals surface area contributed by atoms with Crippen molar-refractivity contribution in [1.82, 2.24) is 4.57 Å². The minimum atomic E-state index is 0.831. The van der Waals surface area contributed by atoms with E-state index in [0.717, 1.165) is 39.8 Å². The Morgan fingerprint density at radius 2 is 0.865 bits per heavy atom. The molecule has 4 heteroatoms. The van der Waals surface area contributed by atoms with Crippen LogP contribution in [0.25, 0.3) is 69.9 Å². The monoisotopic (exact) mass is 682 g/mol. The molecule has 1 aliphatic heterocycles. The van der Waals surface area contributed by atoms with E-state index in [1.807, 2.05) is 23.5 Å². The van der Waals surface area contributed by atoms with Crippen LogP contribution >= 0.6 is 11.3 Å². The van der Waals surface area contributed by atoms with Crippen LogP contribution in [-0.2, 0) is 0 Å². The largest absolute Gasteiger partial charge is 0.453 e. The molecule has 11 rings (SSSR count). The lowest BCUT2D eigenvalue weighted by Gasteiger charge is -2.35. The number of thiophene rings is 1. The fourth-order valence-corrected chi connectivity index (χ4v) is 9.39.